The number of aliphatic hydroxyl groups is 1. The second kappa shape index (κ2) is 7.98. The molecular formula is C20H16O7P2-4. The van der Waals surface area contributed by atoms with Crippen molar-refractivity contribution < 1.29 is 33.8 Å². The molecule has 0 heterocycles. The standard InChI is InChI=1S/C20H20O7P2/c21-20(28(22,23)24,29(25,26)27)14-15-5-4-8-19(13-15)18-11-9-17(10-12-18)16-6-2-1-3-7-16/h1-13,21H,14H2,(H2,22,23,24)(H2,25,26,27)/p-4. The van der Waals surface area contributed by atoms with E-state index in [-0.39, 0.29) is 5.56 Å². The molecule has 0 amide bonds. The van der Waals surface area contributed by atoms with Crippen LogP contribution in [0.4, 0.5) is 0 Å². The smallest absolute Gasteiger partial charge is 0.121 e. The quantitative estimate of drug-likeness (QED) is 0.575. The van der Waals surface area contributed by atoms with Gasteiger partial charge in [-0.25, -0.2) is 0 Å². The monoisotopic (exact) mass is 430 g/mol. The summed E-state index contributed by atoms with van der Waals surface area (Å²) in [5.41, 5.74) is 3.38. The number of hydrogen-bond donors (Lipinski definition) is 1. The first-order chi connectivity index (χ1) is 13.5. The Labute approximate surface area is 167 Å². The third-order valence-corrected chi connectivity index (χ3v) is 8.11. The molecule has 0 aliphatic heterocycles. The lowest BCUT2D eigenvalue weighted by molar-refractivity contribution is -0.348. The summed E-state index contributed by atoms with van der Waals surface area (Å²) in [5, 5.41) is 5.96. The van der Waals surface area contributed by atoms with Crippen molar-refractivity contribution in [2.75, 3.05) is 0 Å². The average molecular weight is 430 g/mol. The summed E-state index contributed by atoms with van der Waals surface area (Å²) in [6, 6.07) is 23.1. The molecule has 152 valence electrons. The Hall–Kier alpha value is -2.08. The second-order valence-corrected chi connectivity index (χ2v) is 10.4. The Bertz CT molecular complexity index is 1060. The van der Waals surface area contributed by atoms with Crippen molar-refractivity contribution in [1.82, 2.24) is 0 Å². The third kappa shape index (κ3) is 4.58. The lowest BCUT2D eigenvalue weighted by Crippen LogP contribution is -2.47. The molecule has 3 aromatic rings. The van der Waals surface area contributed by atoms with Gasteiger partial charge in [0, 0.05) is 6.42 Å². The first-order valence-corrected chi connectivity index (χ1v) is 11.6. The normalized spacial score (nSPS) is 12.7. The summed E-state index contributed by atoms with van der Waals surface area (Å²) in [6.45, 7) is 0. The molecule has 0 atom stereocenters. The van der Waals surface area contributed by atoms with E-state index in [1.807, 2.05) is 54.6 Å². The van der Waals surface area contributed by atoms with Gasteiger partial charge in [0.2, 0.25) is 0 Å². The van der Waals surface area contributed by atoms with Gasteiger partial charge in [-0.2, -0.15) is 0 Å². The van der Waals surface area contributed by atoms with E-state index in [2.05, 4.69) is 0 Å². The fraction of sp³-hybridized carbons (Fsp3) is 0.100. The minimum atomic E-state index is -6.13. The molecule has 0 aliphatic carbocycles. The zero-order valence-corrected chi connectivity index (χ0v) is 16.8. The highest BCUT2D eigenvalue weighted by Gasteiger charge is 2.35. The largest absolute Gasteiger partial charge is 0.808 e. The van der Waals surface area contributed by atoms with Crippen LogP contribution in [0, 0.1) is 0 Å². The summed E-state index contributed by atoms with van der Waals surface area (Å²) in [6.07, 6.45) is -1.14. The van der Waals surface area contributed by atoms with Gasteiger partial charge in [0.05, 0.1) is 0 Å². The van der Waals surface area contributed by atoms with Crippen LogP contribution in [0.15, 0.2) is 78.9 Å². The van der Waals surface area contributed by atoms with Gasteiger partial charge in [0.15, 0.2) is 0 Å². The number of hydrogen-bond acceptors (Lipinski definition) is 7. The summed E-state index contributed by atoms with van der Waals surface area (Å²) in [5.74, 6) is 0. The zero-order valence-electron chi connectivity index (χ0n) is 15.0. The first-order valence-electron chi connectivity index (χ1n) is 8.53. The number of benzene rings is 3. The predicted octanol–water partition coefficient (Wildman–Crippen LogP) is 1.04. The molecule has 0 aliphatic rings. The van der Waals surface area contributed by atoms with Gasteiger partial charge in [-0.1, -0.05) is 78.9 Å². The molecule has 9 heteroatoms. The maximum absolute atomic E-state index is 11.3. The maximum atomic E-state index is 11.3. The van der Waals surface area contributed by atoms with Crippen molar-refractivity contribution in [2.24, 2.45) is 0 Å². The van der Waals surface area contributed by atoms with Gasteiger partial charge in [-0.15, -0.1) is 0 Å². The molecule has 1 N–H and O–H groups in total. The number of rotatable bonds is 6. The summed E-state index contributed by atoms with van der Waals surface area (Å²) in [7, 11) is -12.3. The Balaban J connectivity index is 1.92. The van der Waals surface area contributed by atoms with Gasteiger partial charge < -0.3 is 33.8 Å². The Morgan fingerprint density at radius 1 is 0.655 bits per heavy atom. The van der Waals surface area contributed by atoms with E-state index in [0.29, 0.717) is 5.56 Å². The molecule has 3 aromatic carbocycles. The van der Waals surface area contributed by atoms with Gasteiger partial charge >= 0.3 is 0 Å². The molecule has 0 saturated carbocycles. The highest BCUT2D eigenvalue weighted by atomic mass is 31.2. The van der Waals surface area contributed by atoms with Crippen molar-refractivity contribution in [1.29, 1.82) is 0 Å². The van der Waals surface area contributed by atoms with E-state index in [1.165, 1.54) is 18.2 Å². The van der Waals surface area contributed by atoms with E-state index in [0.717, 1.165) is 16.7 Å². The molecule has 0 saturated heterocycles. The second-order valence-electron chi connectivity index (χ2n) is 6.59. The molecule has 3 rings (SSSR count). The van der Waals surface area contributed by atoms with Crippen LogP contribution >= 0.6 is 15.2 Å². The van der Waals surface area contributed by atoms with Crippen LogP contribution in [0.2, 0.25) is 0 Å². The van der Waals surface area contributed by atoms with Crippen molar-refractivity contribution in [3.8, 4) is 22.3 Å². The molecule has 0 radical (unpaired) electrons. The van der Waals surface area contributed by atoms with Gasteiger partial charge in [-0.3, -0.25) is 0 Å². The van der Waals surface area contributed by atoms with Crippen LogP contribution in [0.25, 0.3) is 22.3 Å². The van der Waals surface area contributed by atoms with Crippen LogP contribution in [0.5, 0.6) is 0 Å². The minimum absolute atomic E-state index is 0.0241. The average Bonchev–Trinajstić information content (AvgIpc) is 2.67. The van der Waals surface area contributed by atoms with Gasteiger partial charge in [0.25, 0.3) is 0 Å². The lowest BCUT2D eigenvalue weighted by Gasteiger charge is -2.56. The van der Waals surface area contributed by atoms with E-state index < -0.39 is 26.7 Å². The van der Waals surface area contributed by atoms with E-state index in [4.69, 9.17) is 0 Å². The van der Waals surface area contributed by atoms with Crippen LogP contribution in [-0.4, -0.2) is 10.2 Å². The molecule has 0 fully saturated rings. The highest BCUT2D eigenvalue weighted by molar-refractivity contribution is 7.69. The third-order valence-electron chi connectivity index (χ3n) is 4.57. The summed E-state index contributed by atoms with van der Waals surface area (Å²) < 4.78 is 22.6. The molecule has 7 nitrogen and oxygen atoms in total. The molecule has 0 unspecified atom stereocenters. The Kier molecular flexibility index (Phi) is 5.95. The van der Waals surface area contributed by atoms with Crippen LogP contribution in [0.3, 0.4) is 0 Å². The molecule has 29 heavy (non-hydrogen) atoms. The topological polar surface area (TPSA) is 147 Å². The summed E-state index contributed by atoms with van der Waals surface area (Å²) in [4.78, 5) is 45.1. The lowest BCUT2D eigenvalue weighted by atomic mass is 9.98. The Morgan fingerprint density at radius 3 is 1.62 bits per heavy atom. The van der Waals surface area contributed by atoms with Crippen molar-refractivity contribution >= 4 is 15.2 Å². The maximum Gasteiger partial charge on any atom is 0.121 e. The van der Waals surface area contributed by atoms with E-state index in [1.54, 1.807) is 6.07 Å². The van der Waals surface area contributed by atoms with E-state index in [9.17, 15) is 33.8 Å². The van der Waals surface area contributed by atoms with Crippen molar-refractivity contribution in [3.05, 3.63) is 84.4 Å². The predicted molar refractivity (Wildman–Crippen MR) is 101 cm³/mol. The fourth-order valence-electron chi connectivity index (χ4n) is 2.96. The minimum Gasteiger partial charge on any atom is -0.808 e. The molecule has 0 bridgehead atoms. The van der Waals surface area contributed by atoms with Crippen LogP contribution < -0.4 is 19.6 Å². The first kappa shape index (κ1) is 21.6. The summed E-state index contributed by atoms with van der Waals surface area (Å²) >= 11 is 0. The molecular weight excluding hydrogens is 414 g/mol. The van der Waals surface area contributed by atoms with Gasteiger partial charge in [-0.05, 0) is 43.0 Å². The fourth-order valence-corrected chi connectivity index (χ4v) is 4.92. The van der Waals surface area contributed by atoms with Crippen LogP contribution in [0.1, 0.15) is 5.56 Å². The van der Waals surface area contributed by atoms with Crippen LogP contribution in [-0.2, 0) is 15.6 Å². The Morgan fingerprint density at radius 2 is 1.10 bits per heavy atom. The zero-order chi connectivity index (χ0) is 21.3. The SMILES string of the molecule is O=P([O-])([O-])C(O)(Cc1cccc(-c2ccc(-c3ccccc3)cc2)c1)P(=O)([O-])[O-]. The highest BCUT2D eigenvalue weighted by Crippen LogP contribution is 2.60. The van der Waals surface area contributed by atoms with Gasteiger partial charge in [0.1, 0.15) is 5.08 Å². The van der Waals surface area contributed by atoms with E-state index >= 15 is 0 Å². The molecule has 0 aromatic heterocycles. The molecule has 0 spiro atoms. The van der Waals surface area contributed by atoms with Crippen molar-refractivity contribution in [2.45, 2.75) is 11.5 Å². The van der Waals surface area contributed by atoms with Crippen molar-refractivity contribution in [3.63, 3.8) is 0 Å².